The quantitative estimate of drug-likeness (QED) is 0.827. The largest absolute Gasteiger partial charge is 0.491 e. The zero-order valence-corrected chi connectivity index (χ0v) is 15.6. The van der Waals surface area contributed by atoms with Crippen LogP contribution in [0.1, 0.15) is 43.5 Å². The standard InChI is InChI=1S/C20H28N2O4/c1-15(2)26-17-8-6-16(7-9-17)19(23)21-10-4-11-22(13-12-21)20(24)18-5-3-14-25-18/h6-9,15,18H,3-5,10-14H2,1-2H3. The first kappa shape index (κ1) is 18.7. The molecule has 6 nitrogen and oxygen atoms in total. The van der Waals surface area contributed by atoms with Gasteiger partial charge in [0, 0.05) is 38.3 Å². The number of ether oxygens (including phenoxy) is 2. The number of amides is 2. The maximum Gasteiger partial charge on any atom is 0.253 e. The lowest BCUT2D eigenvalue weighted by Crippen LogP contribution is -2.41. The van der Waals surface area contributed by atoms with E-state index in [9.17, 15) is 9.59 Å². The molecule has 1 aromatic rings. The van der Waals surface area contributed by atoms with Crippen molar-refractivity contribution in [2.75, 3.05) is 32.8 Å². The van der Waals surface area contributed by atoms with Crippen molar-refractivity contribution >= 4 is 11.8 Å². The molecular formula is C20H28N2O4. The topological polar surface area (TPSA) is 59.1 Å². The molecular weight excluding hydrogens is 332 g/mol. The van der Waals surface area contributed by atoms with Crippen LogP contribution in [-0.4, -0.2) is 66.6 Å². The molecule has 2 heterocycles. The molecule has 2 saturated heterocycles. The fourth-order valence-corrected chi connectivity index (χ4v) is 3.45. The van der Waals surface area contributed by atoms with Crippen molar-refractivity contribution in [1.29, 1.82) is 0 Å². The summed E-state index contributed by atoms with van der Waals surface area (Å²) in [4.78, 5) is 29.0. The third kappa shape index (κ3) is 4.55. The van der Waals surface area contributed by atoms with Crippen molar-refractivity contribution in [2.45, 2.75) is 45.3 Å². The predicted octanol–water partition coefficient (Wildman–Crippen LogP) is 2.33. The Labute approximate surface area is 155 Å². The number of hydrogen-bond donors (Lipinski definition) is 0. The van der Waals surface area contributed by atoms with Crippen molar-refractivity contribution in [3.63, 3.8) is 0 Å². The van der Waals surface area contributed by atoms with Gasteiger partial charge in [0.05, 0.1) is 6.10 Å². The molecule has 1 atom stereocenters. The second-order valence-electron chi connectivity index (χ2n) is 7.16. The molecule has 0 saturated carbocycles. The monoisotopic (exact) mass is 360 g/mol. The van der Waals surface area contributed by atoms with Crippen molar-refractivity contribution in [3.05, 3.63) is 29.8 Å². The van der Waals surface area contributed by atoms with Gasteiger partial charge in [-0.2, -0.15) is 0 Å². The van der Waals surface area contributed by atoms with Gasteiger partial charge in [0.1, 0.15) is 11.9 Å². The molecule has 2 aliphatic heterocycles. The highest BCUT2D eigenvalue weighted by molar-refractivity contribution is 5.94. The third-order valence-corrected chi connectivity index (χ3v) is 4.77. The molecule has 2 fully saturated rings. The smallest absolute Gasteiger partial charge is 0.253 e. The molecule has 1 unspecified atom stereocenters. The summed E-state index contributed by atoms with van der Waals surface area (Å²) in [5.74, 6) is 0.847. The molecule has 2 aliphatic rings. The number of nitrogens with zero attached hydrogens (tertiary/aromatic N) is 2. The average Bonchev–Trinajstić information content (AvgIpc) is 3.05. The lowest BCUT2D eigenvalue weighted by Gasteiger charge is -2.24. The molecule has 0 N–H and O–H groups in total. The van der Waals surface area contributed by atoms with Crippen LogP contribution in [0.25, 0.3) is 0 Å². The highest BCUT2D eigenvalue weighted by atomic mass is 16.5. The second-order valence-corrected chi connectivity index (χ2v) is 7.16. The van der Waals surface area contributed by atoms with Crippen molar-refractivity contribution in [1.82, 2.24) is 9.80 Å². The SMILES string of the molecule is CC(C)Oc1ccc(C(=O)N2CCCN(C(=O)C3CCCO3)CC2)cc1. The third-order valence-electron chi connectivity index (χ3n) is 4.77. The number of hydrogen-bond acceptors (Lipinski definition) is 4. The first-order valence-corrected chi connectivity index (χ1v) is 9.51. The number of benzene rings is 1. The van der Waals surface area contributed by atoms with Crippen molar-refractivity contribution in [2.24, 2.45) is 0 Å². The molecule has 142 valence electrons. The molecule has 1 aromatic carbocycles. The van der Waals surface area contributed by atoms with Gasteiger partial charge in [-0.1, -0.05) is 0 Å². The summed E-state index contributed by atoms with van der Waals surface area (Å²) >= 11 is 0. The van der Waals surface area contributed by atoms with E-state index in [1.54, 1.807) is 12.1 Å². The van der Waals surface area contributed by atoms with E-state index in [0.717, 1.165) is 25.0 Å². The molecule has 0 aromatic heterocycles. The number of carbonyl (C=O) groups excluding carboxylic acids is 2. The van der Waals surface area contributed by atoms with Gasteiger partial charge in [-0.15, -0.1) is 0 Å². The van der Waals surface area contributed by atoms with Gasteiger partial charge in [-0.3, -0.25) is 9.59 Å². The summed E-state index contributed by atoms with van der Waals surface area (Å²) in [6.45, 7) is 7.09. The van der Waals surface area contributed by atoms with Gasteiger partial charge in [0.25, 0.3) is 11.8 Å². The zero-order chi connectivity index (χ0) is 18.5. The first-order valence-electron chi connectivity index (χ1n) is 9.51. The maximum absolute atomic E-state index is 12.8. The van der Waals surface area contributed by atoms with E-state index in [-0.39, 0.29) is 24.0 Å². The van der Waals surface area contributed by atoms with Crippen LogP contribution in [0.4, 0.5) is 0 Å². The average molecular weight is 360 g/mol. The number of carbonyl (C=O) groups is 2. The van der Waals surface area contributed by atoms with E-state index in [1.165, 1.54) is 0 Å². The van der Waals surface area contributed by atoms with Crippen LogP contribution in [0.2, 0.25) is 0 Å². The van der Waals surface area contributed by atoms with Gasteiger partial charge >= 0.3 is 0 Å². The first-order chi connectivity index (χ1) is 12.5. The zero-order valence-electron chi connectivity index (χ0n) is 15.6. The lowest BCUT2D eigenvalue weighted by atomic mass is 10.2. The molecule has 0 bridgehead atoms. The molecule has 2 amide bonds. The Hall–Kier alpha value is -2.08. The molecule has 3 rings (SSSR count). The summed E-state index contributed by atoms with van der Waals surface area (Å²) in [7, 11) is 0. The van der Waals surface area contributed by atoms with Crippen LogP contribution in [0, 0.1) is 0 Å². The minimum Gasteiger partial charge on any atom is -0.491 e. The van der Waals surface area contributed by atoms with Gasteiger partial charge in [-0.05, 0) is 57.4 Å². The summed E-state index contributed by atoms with van der Waals surface area (Å²) in [5.41, 5.74) is 0.653. The van der Waals surface area contributed by atoms with Crippen LogP contribution in [0.15, 0.2) is 24.3 Å². The van der Waals surface area contributed by atoms with Crippen molar-refractivity contribution in [3.8, 4) is 5.75 Å². The molecule has 0 radical (unpaired) electrons. The Kier molecular flexibility index (Phi) is 6.14. The Morgan fingerprint density at radius 1 is 1.04 bits per heavy atom. The van der Waals surface area contributed by atoms with E-state index in [1.807, 2.05) is 35.8 Å². The van der Waals surface area contributed by atoms with E-state index < -0.39 is 0 Å². The fraction of sp³-hybridized carbons (Fsp3) is 0.600. The van der Waals surface area contributed by atoms with Crippen LogP contribution >= 0.6 is 0 Å². The summed E-state index contributed by atoms with van der Waals surface area (Å²) in [6, 6.07) is 7.27. The summed E-state index contributed by atoms with van der Waals surface area (Å²) in [5, 5.41) is 0. The Morgan fingerprint density at radius 3 is 2.38 bits per heavy atom. The van der Waals surface area contributed by atoms with E-state index >= 15 is 0 Å². The maximum atomic E-state index is 12.8. The van der Waals surface area contributed by atoms with Gasteiger partial charge in [0.2, 0.25) is 0 Å². The van der Waals surface area contributed by atoms with E-state index in [0.29, 0.717) is 38.3 Å². The van der Waals surface area contributed by atoms with Gasteiger partial charge in [0.15, 0.2) is 0 Å². The normalized spacial score (nSPS) is 21.0. The number of rotatable bonds is 4. The van der Waals surface area contributed by atoms with Crippen molar-refractivity contribution < 1.29 is 19.1 Å². The Bertz CT molecular complexity index is 623. The van der Waals surface area contributed by atoms with E-state index in [2.05, 4.69) is 0 Å². The lowest BCUT2D eigenvalue weighted by molar-refractivity contribution is -0.140. The minimum absolute atomic E-state index is 0.00696. The molecule has 26 heavy (non-hydrogen) atoms. The summed E-state index contributed by atoms with van der Waals surface area (Å²) < 4.78 is 11.1. The van der Waals surface area contributed by atoms with E-state index in [4.69, 9.17) is 9.47 Å². The highest BCUT2D eigenvalue weighted by Gasteiger charge is 2.30. The second kappa shape index (κ2) is 8.54. The Balaban J connectivity index is 1.57. The van der Waals surface area contributed by atoms with Gasteiger partial charge in [-0.25, -0.2) is 0 Å². The van der Waals surface area contributed by atoms with Crippen LogP contribution in [0.3, 0.4) is 0 Å². The minimum atomic E-state index is -0.286. The van der Waals surface area contributed by atoms with Crippen LogP contribution in [0.5, 0.6) is 5.75 Å². The fourth-order valence-electron chi connectivity index (χ4n) is 3.45. The highest BCUT2D eigenvalue weighted by Crippen LogP contribution is 2.18. The van der Waals surface area contributed by atoms with Crippen LogP contribution < -0.4 is 4.74 Å². The van der Waals surface area contributed by atoms with Gasteiger partial charge < -0.3 is 19.3 Å². The molecule has 0 spiro atoms. The molecule has 6 heteroatoms. The summed E-state index contributed by atoms with van der Waals surface area (Å²) in [6.07, 6.45) is 2.37. The van der Waals surface area contributed by atoms with Crippen LogP contribution in [-0.2, 0) is 9.53 Å². The Morgan fingerprint density at radius 2 is 1.73 bits per heavy atom. The molecule has 0 aliphatic carbocycles. The predicted molar refractivity (Wildman–Crippen MR) is 98.3 cm³/mol.